The lowest BCUT2D eigenvalue weighted by Crippen LogP contribution is -2.56. The minimum absolute atomic E-state index is 0.0390. The highest BCUT2D eigenvalue weighted by Gasteiger charge is 2.35. The third-order valence-electron chi connectivity index (χ3n) is 4.53. The lowest BCUT2D eigenvalue weighted by molar-refractivity contribution is -0.138. The first-order valence-electron chi connectivity index (χ1n) is 11.3. The van der Waals surface area contributed by atoms with Crippen LogP contribution in [0.2, 0.25) is 0 Å². The first kappa shape index (κ1) is 28.9. The van der Waals surface area contributed by atoms with Crippen LogP contribution in [0, 0.1) is 11.3 Å². The highest BCUT2D eigenvalue weighted by molar-refractivity contribution is 5.89. The van der Waals surface area contributed by atoms with E-state index in [1.54, 1.807) is 33.8 Å². The normalized spacial score (nSPS) is 14.6. The molecule has 0 fully saturated rings. The molecule has 0 aliphatic heterocycles. The number of rotatable bonds is 10. The summed E-state index contributed by atoms with van der Waals surface area (Å²) in [6, 6.07) is -1.19. The average Bonchev–Trinajstić information content (AvgIpc) is 2.59. The van der Waals surface area contributed by atoms with Gasteiger partial charge in [-0.2, -0.15) is 0 Å². The minimum atomic E-state index is -0.807. The van der Waals surface area contributed by atoms with Crippen LogP contribution >= 0.6 is 0 Å². The molecule has 0 radical (unpaired) electrons. The van der Waals surface area contributed by atoms with E-state index in [1.807, 2.05) is 34.6 Å². The Balaban J connectivity index is 5.68. The number of unbranched alkanes of at least 4 members (excludes halogenated alkanes) is 1. The van der Waals surface area contributed by atoms with Gasteiger partial charge >= 0.3 is 12.1 Å². The summed E-state index contributed by atoms with van der Waals surface area (Å²) in [5.41, 5.74) is -0.645. The standard InChI is InChI=1S/C24H44N2O5/c1-11-13-14-17(21(28)30-12-2)15-18(16(3)4)25-20(27)19(23(5,6)7)26-22(29)31-24(8,9)10/h15-16,18-19H,11-14H2,1-10H3,(H,25,27)(H,26,29)/b17-15+/t18-,19-/m1/s1. The van der Waals surface area contributed by atoms with Crippen LogP contribution in [0.25, 0.3) is 0 Å². The Hall–Kier alpha value is -2.05. The fraction of sp³-hybridized carbons (Fsp3) is 0.792. The molecule has 2 atom stereocenters. The van der Waals surface area contributed by atoms with Crippen LogP contribution in [-0.4, -0.2) is 42.3 Å². The number of esters is 1. The highest BCUT2D eigenvalue weighted by atomic mass is 16.6. The van der Waals surface area contributed by atoms with Crippen LogP contribution in [-0.2, 0) is 19.1 Å². The minimum Gasteiger partial charge on any atom is -0.463 e. The number of nitrogens with one attached hydrogen (secondary N) is 2. The number of hydrogen-bond donors (Lipinski definition) is 2. The summed E-state index contributed by atoms with van der Waals surface area (Å²) < 4.78 is 10.5. The molecule has 0 unspecified atom stereocenters. The molecule has 0 bridgehead atoms. The molecular weight excluding hydrogens is 396 g/mol. The molecule has 0 aliphatic carbocycles. The van der Waals surface area contributed by atoms with E-state index in [1.165, 1.54) is 0 Å². The molecule has 7 heteroatoms. The molecule has 7 nitrogen and oxygen atoms in total. The van der Waals surface area contributed by atoms with Gasteiger partial charge in [-0.1, -0.05) is 54.0 Å². The fourth-order valence-corrected chi connectivity index (χ4v) is 2.81. The predicted octanol–water partition coefficient (Wildman–Crippen LogP) is 4.75. The quantitative estimate of drug-likeness (QED) is 0.378. The molecule has 0 aliphatic rings. The second kappa shape index (κ2) is 12.7. The Bertz CT molecular complexity index is 627. The van der Waals surface area contributed by atoms with Gasteiger partial charge in [0.2, 0.25) is 5.91 Å². The van der Waals surface area contributed by atoms with Gasteiger partial charge < -0.3 is 20.1 Å². The van der Waals surface area contributed by atoms with Crippen LogP contribution in [0.15, 0.2) is 11.6 Å². The smallest absolute Gasteiger partial charge is 0.408 e. The molecule has 0 rings (SSSR count). The highest BCUT2D eigenvalue weighted by Crippen LogP contribution is 2.21. The molecule has 0 heterocycles. The Morgan fingerprint density at radius 3 is 1.97 bits per heavy atom. The van der Waals surface area contributed by atoms with E-state index in [9.17, 15) is 14.4 Å². The second-order valence-corrected chi connectivity index (χ2v) is 10.2. The zero-order chi connectivity index (χ0) is 24.4. The van der Waals surface area contributed by atoms with Crippen molar-refractivity contribution in [2.75, 3.05) is 6.61 Å². The zero-order valence-corrected chi connectivity index (χ0v) is 21.2. The van der Waals surface area contributed by atoms with Gasteiger partial charge in [0.25, 0.3) is 0 Å². The van der Waals surface area contributed by atoms with Crippen molar-refractivity contribution in [1.82, 2.24) is 10.6 Å². The SMILES string of the molecule is CCCC/C(=C\[C@@H](NC(=O)[C@@H](NC(=O)OC(C)(C)C)C(C)(C)C)C(C)C)C(=O)OCC. The lowest BCUT2D eigenvalue weighted by atomic mass is 9.85. The Labute approximate surface area is 188 Å². The van der Waals surface area contributed by atoms with E-state index in [0.29, 0.717) is 18.6 Å². The van der Waals surface area contributed by atoms with Crippen molar-refractivity contribution < 1.29 is 23.9 Å². The van der Waals surface area contributed by atoms with Gasteiger partial charge in [0.1, 0.15) is 11.6 Å². The van der Waals surface area contributed by atoms with Crippen molar-refractivity contribution in [1.29, 1.82) is 0 Å². The second-order valence-electron chi connectivity index (χ2n) is 10.2. The van der Waals surface area contributed by atoms with Crippen molar-refractivity contribution in [3.63, 3.8) is 0 Å². The Morgan fingerprint density at radius 1 is 0.968 bits per heavy atom. The lowest BCUT2D eigenvalue weighted by Gasteiger charge is -2.33. The van der Waals surface area contributed by atoms with E-state index in [-0.39, 0.29) is 23.8 Å². The molecule has 0 aromatic heterocycles. The summed E-state index contributed by atoms with van der Waals surface area (Å²) in [4.78, 5) is 37.9. The van der Waals surface area contributed by atoms with Gasteiger partial charge in [-0.05, 0) is 51.9 Å². The van der Waals surface area contributed by atoms with Crippen molar-refractivity contribution in [2.45, 2.75) is 106 Å². The summed E-state index contributed by atoms with van der Waals surface area (Å²) in [7, 11) is 0. The first-order chi connectivity index (χ1) is 14.1. The number of carbonyl (C=O) groups excluding carboxylic acids is 3. The van der Waals surface area contributed by atoms with Crippen molar-refractivity contribution in [3.05, 3.63) is 11.6 Å². The molecular formula is C24H44N2O5. The fourth-order valence-electron chi connectivity index (χ4n) is 2.81. The average molecular weight is 441 g/mol. The number of amides is 2. The van der Waals surface area contributed by atoms with Crippen molar-refractivity contribution >= 4 is 18.0 Å². The van der Waals surface area contributed by atoms with E-state index in [0.717, 1.165) is 12.8 Å². The molecule has 0 aromatic rings. The van der Waals surface area contributed by atoms with Gasteiger partial charge in [0, 0.05) is 5.57 Å². The van der Waals surface area contributed by atoms with E-state index in [4.69, 9.17) is 9.47 Å². The summed E-state index contributed by atoms with van der Waals surface area (Å²) in [5.74, 6) is -0.640. The molecule has 2 amide bonds. The maximum absolute atomic E-state index is 13.2. The van der Waals surface area contributed by atoms with Gasteiger partial charge in [-0.15, -0.1) is 0 Å². The molecule has 180 valence electrons. The van der Waals surface area contributed by atoms with Crippen LogP contribution in [0.3, 0.4) is 0 Å². The van der Waals surface area contributed by atoms with Gasteiger partial charge in [-0.3, -0.25) is 4.79 Å². The van der Waals surface area contributed by atoms with E-state index < -0.39 is 23.2 Å². The van der Waals surface area contributed by atoms with Crippen LogP contribution in [0.4, 0.5) is 4.79 Å². The Kier molecular flexibility index (Phi) is 11.9. The largest absolute Gasteiger partial charge is 0.463 e. The van der Waals surface area contributed by atoms with Crippen LogP contribution < -0.4 is 10.6 Å². The first-order valence-corrected chi connectivity index (χ1v) is 11.3. The summed E-state index contributed by atoms with van der Waals surface area (Å²) in [6.07, 6.45) is 3.54. The monoisotopic (exact) mass is 440 g/mol. The van der Waals surface area contributed by atoms with E-state index >= 15 is 0 Å². The molecule has 31 heavy (non-hydrogen) atoms. The zero-order valence-electron chi connectivity index (χ0n) is 21.2. The number of alkyl carbamates (subject to hydrolysis) is 1. The third kappa shape index (κ3) is 11.8. The maximum Gasteiger partial charge on any atom is 0.408 e. The summed E-state index contributed by atoms with van der Waals surface area (Å²) in [6.45, 7) is 19.0. The summed E-state index contributed by atoms with van der Waals surface area (Å²) >= 11 is 0. The van der Waals surface area contributed by atoms with Gasteiger partial charge in [0.15, 0.2) is 0 Å². The number of ether oxygens (including phenoxy) is 2. The topological polar surface area (TPSA) is 93.7 Å². The molecule has 0 spiro atoms. The van der Waals surface area contributed by atoms with Crippen molar-refractivity contribution in [2.24, 2.45) is 11.3 Å². The van der Waals surface area contributed by atoms with Crippen LogP contribution in [0.1, 0.15) is 88.5 Å². The number of hydrogen-bond acceptors (Lipinski definition) is 5. The predicted molar refractivity (Wildman–Crippen MR) is 124 cm³/mol. The Morgan fingerprint density at radius 2 is 1.55 bits per heavy atom. The van der Waals surface area contributed by atoms with Crippen LogP contribution in [0.5, 0.6) is 0 Å². The van der Waals surface area contributed by atoms with Crippen molar-refractivity contribution in [3.8, 4) is 0 Å². The van der Waals surface area contributed by atoms with E-state index in [2.05, 4.69) is 17.6 Å². The summed E-state index contributed by atoms with van der Waals surface area (Å²) in [5, 5.41) is 5.70. The maximum atomic E-state index is 13.2. The molecule has 2 N–H and O–H groups in total. The molecule has 0 saturated heterocycles. The molecule has 0 saturated carbocycles. The van der Waals surface area contributed by atoms with Gasteiger partial charge in [0.05, 0.1) is 12.6 Å². The third-order valence-corrected chi connectivity index (χ3v) is 4.53. The molecule has 0 aromatic carbocycles. The van der Waals surface area contributed by atoms with Gasteiger partial charge in [-0.25, -0.2) is 9.59 Å². The number of carbonyl (C=O) groups is 3.